The summed E-state index contributed by atoms with van der Waals surface area (Å²) in [6.45, 7) is 3.84. The first-order valence-electron chi connectivity index (χ1n) is 7.25. The standard InChI is InChI=1S/C16H20N2O4S/c1-10(2)22-14-8-11(21-3)4-5-13(14)15(20)18-16-17-9-12(23-16)6-7-19/h4-5,8-10,19H,6-7H2,1-3H3,(H,17,18,20). The zero-order chi connectivity index (χ0) is 16.8. The van der Waals surface area contributed by atoms with Gasteiger partial charge in [0.25, 0.3) is 5.91 Å². The highest BCUT2D eigenvalue weighted by Gasteiger charge is 2.16. The fraction of sp³-hybridized carbons (Fsp3) is 0.375. The molecule has 0 atom stereocenters. The third-order valence-corrected chi connectivity index (χ3v) is 3.90. The maximum Gasteiger partial charge on any atom is 0.261 e. The molecule has 0 spiro atoms. The number of carbonyl (C=O) groups excluding carboxylic acids is 1. The lowest BCUT2D eigenvalue weighted by Crippen LogP contribution is -2.15. The molecule has 0 saturated carbocycles. The summed E-state index contributed by atoms with van der Waals surface area (Å²) in [5, 5.41) is 12.2. The second kappa shape index (κ2) is 7.94. The number of ether oxygens (including phenoxy) is 2. The molecule has 2 N–H and O–H groups in total. The molecule has 23 heavy (non-hydrogen) atoms. The van der Waals surface area contributed by atoms with Gasteiger partial charge >= 0.3 is 0 Å². The predicted octanol–water partition coefficient (Wildman–Crippen LogP) is 2.73. The van der Waals surface area contributed by atoms with Gasteiger partial charge in [0.05, 0.1) is 18.8 Å². The number of benzene rings is 1. The van der Waals surface area contributed by atoms with Gasteiger partial charge in [0.15, 0.2) is 5.13 Å². The number of nitrogens with one attached hydrogen (secondary N) is 1. The van der Waals surface area contributed by atoms with Crippen LogP contribution in [0.2, 0.25) is 0 Å². The van der Waals surface area contributed by atoms with Gasteiger partial charge in [-0.25, -0.2) is 4.98 Å². The number of rotatable bonds is 7. The Bertz CT molecular complexity index is 670. The minimum atomic E-state index is -0.298. The molecule has 124 valence electrons. The lowest BCUT2D eigenvalue weighted by Gasteiger charge is -2.14. The molecular formula is C16H20N2O4S. The molecule has 1 aromatic heterocycles. The summed E-state index contributed by atoms with van der Waals surface area (Å²) in [4.78, 5) is 17.5. The minimum Gasteiger partial charge on any atom is -0.497 e. The van der Waals surface area contributed by atoms with Crippen LogP contribution in [0.15, 0.2) is 24.4 Å². The highest BCUT2D eigenvalue weighted by Crippen LogP contribution is 2.27. The average molecular weight is 336 g/mol. The van der Waals surface area contributed by atoms with Crippen molar-refractivity contribution in [3.63, 3.8) is 0 Å². The number of thiazole rings is 1. The molecule has 0 radical (unpaired) electrons. The Kier molecular flexibility index (Phi) is 5.95. The second-order valence-corrected chi connectivity index (χ2v) is 6.20. The Morgan fingerprint density at radius 3 is 2.87 bits per heavy atom. The first-order valence-corrected chi connectivity index (χ1v) is 8.06. The van der Waals surface area contributed by atoms with Crippen LogP contribution < -0.4 is 14.8 Å². The summed E-state index contributed by atoms with van der Waals surface area (Å²) in [5.41, 5.74) is 0.415. The molecule has 0 saturated heterocycles. The number of anilines is 1. The third kappa shape index (κ3) is 4.67. The first-order chi connectivity index (χ1) is 11.0. The van der Waals surface area contributed by atoms with Crippen molar-refractivity contribution in [1.29, 1.82) is 0 Å². The minimum absolute atomic E-state index is 0.0560. The van der Waals surface area contributed by atoms with Gasteiger partial charge in [-0.2, -0.15) is 0 Å². The van der Waals surface area contributed by atoms with Gasteiger partial charge in [0, 0.05) is 30.2 Å². The number of aromatic nitrogens is 1. The van der Waals surface area contributed by atoms with Crippen molar-refractivity contribution in [2.75, 3.05) is 19.0 Å². The van der Waals surface area contributed by atoms with Gasteiger partial charge in [0.2, 0.25) is 0 Å². The zero-order valence-electron chi connectivity index (χ0n) is 13.3. The van der Waals surface area contributed by atoms with Crippen molar-refractivity contribution in [2.24, 2.45) is 0 Å². The molecule has 1 amide bonds. The molecule has 7 heteroatoms. The Morgan fingerprint density at radius 1 is 1.43 bits per heavy atom. The van der Waals surface area contributed by atoms with Crippen molar-refractivity contribution in [2.45, 2.75) is 26.4 Å². The molecule has 0 aliphatic rings. The Balaban J connectivity index is 2.19. The van der Waals surface area contributed by atoms with Crippen molar-refractivity contribution in [3.8, 4) is 11.5 Å². The van der Waals surface area contributed by atoms with E-state index in [2.05, 4.69) is 10.3 Å². The van der Waals surface area contributed by atoms with Crippen LogP contribution in [0.5, 0.6) is 11.5 Å². The monoisotopic (exact) mass is 336 g/mol. The fourth-order valence-electron chi connectivity index (χ4n) is 1.92. The highest BCUT2D eigenvalue weighted by molar-refractivity contribution is 7.15. The van der Waals surface area contributed by atoms with E-state index >= 15 is 0 Å². The van der Waals surface area contributed by atoms with E-state index in [1.165, 1.54) is 11.3 Å². The maximum absolute atomic E-state index is 12.5. The number of amides is 1. The number of hydrogen-bond donors (Lipinski definition) is 2. The van der Waals surface area contributed by atoms with Crippen molar-refractivity contribution < 1.29 is 19.4 Å². The Hall–Kier alpha value is -2.12. The van der Waals surface area contributed by atoms with E-state index < -0.39 is 0 Å². The summed E-state index contributed by atoms with van der Waals surface area (Å²) < 4.78 is 10.9. The van der Waals surface area contributed by atoms with E-state index in [0.29, 0.717) is 28.6 Å². The van der Waals surface area contributed by atoms with Gasteiger partial charge < -0.3 is 14.6 Å². The van der Waals surface area contributed by atoms with Gasteiger partial charge in [-0.1, -0.05) is 0 Å². The summed E-state index contributed by atoms with van der Waals surface area (Å²) in [6.07, 6.45) is 2.11. The van der Waals surface area contributed by atoms with Crippen LogP contribution in [-0.2, 0) is 6.42 Å². The lowest BCUT2D eigenvalue weighted by atomic mass is 10.1. The average Bonchev–Trinajstić information content (AvgIpc) is 2.94. The molecular weight excluding hydrogens is 316 g/mol. The normalized spacial score (nSPS) is 10.7. The topological polar surface area (TPSA) is 80.7 Å². The molecule has 0 bridgehead atoms. The number of hydrogen-bond acceptors (Lipinski definition) is 6. The van der Waals surface area contributed by atoms with Crippen molar-refractivity contribution >= 4 is 22.4 Å². The van der Waals surface area contributed by atoms with Gasteiger partial charge in [0.1, 0.15) is 11.5 Å². The quantitative estimate of drug-likeness (QED) is 0.812. The highest BCUT2D eigenvalue weighted by atomic mass is 32.1. The number of methoxy groups -OCH3 is 1. The molecule has 2 rings (SSSR count). The van der Waals surface area contributed by atoms with Crippen LogP contribution in [0.3, 0.4) is 0 Å². The molecule has 6 nitrogen and oxygen atoms in total. The van der Waals surface area contributed by atoms with E-state index in [0.717, 1.165) is 4.88 Å². The van der Waals surface area contributed by atoms with Crippen LogP contribution in [0, 0.1) is 0 Å². The third-order valence-electron chi connectivity index (χ3n) is 2.93. The van der Waals surface area contributed by atoms with E-state index in [9.17, 15) is 4.79 Å². The lowest BCUT2D eigenvalue weighted by molar-refractivity contribution is 0.102. The summed E-state index contributed by atoms with van der Waals surface area (Å²) >= 11 is 1.34. The van der Waals surface area contributed by atoms with E-state index in [1.807, 2.05) is 13.8 Å². The van der Waals surface area contributed by atoms with Crippen LogP contribution in [0.25, 0.3) is 0 Å². The SMILES string of the molecule is COc1ccc(C(=O)Nc2ncc(CCO)s2)c(OC(C)C)c1. The molecule has 1 heterocycles. The molecule has 0 aliphatic heterocycles. The van der Waals surface area contributed by atoms with E-state index in [4.69, 9.17) is 14.6 Å². The molecule has 2 aromatic rings. The van der Waals surface area contributed by atoms with Crippen LogP contribution in [-0.4, -0.2) is 35.8 Å². The molecule has 0 unspecified atom stereocenters. The predicted molar refractivity (Wildman–Crippen MR) is 89.6 cm³/mol. The smallest absolute Gasteiger partial charge is 0.261 e. The number of carbonyl (C=O) groups is 1. The van der Waals surface area contributed by atoms with Crippen molar-refractivity contribution in [1.82, 2.24) is 4.98 Å². The summed E-state index contributed by atoms with van der Waals surface area (Å²) in [5.74, 6) is 0.786. The number of nitrogens with zero attached hydrogens (tertiary/aromatic N) is 1. The van der Waals surface area contributed by atoms with Gasteiger partial charge in [-0.3, -0.25) is 10.1 Å². The van der Waals surface area contributed by atoms with Gasteiger partial charge in [-0.05, 0) is 26.0 Å². The fourth-order valence-corrected chi connectivity index (χ4v) is 2.72. The summed E-state index contributed by atoms with van der Waals surface area (Å²) in [6, 6.07) is 5.06. The summed E-state index contributed by atoms with van der Waals surface area (Å²) in [7, 11) is 1.56. The second-order valence-electron chi connectivity index (χ2n) is 5.09. The van der Waals surface area contributed by atoms with Crippen LogP contribution in [0.4, 0.5) is 5.13 Å². The van der Waals surface area contributed by atoms with E-state index in [-0.39, 0.29) is 18.6 Å². The van der Waals surface area contributed by atoms with Crippen LogP contribution in [0.1, 0.15) is 29.1 Å². The molecule has 0 aliphatic carbocycles. The first kappa shape index (κ1) is 17.2. The Labute approximate surface area is 139 Å². The van der Waals surface area contributed by atoms with Crippen molar-refractivity contribution in [3.05, 3.63) is 34.8 Å². The number of aliphatic hydroxyl groups is 1. The zero-order valence-corrected chi connectivity index (χ0v) is 14.1. The van der Waals surface area contributed by atoms with Gasteiger partial charge in [-0.15, -0.1) is 11.3 Å². The molecule has 1 aromatic carbocycles. The number of aliphatic hydroxyl groups excluding tert-OH is 1. The maximum atomic E-state index is 12.5. The van der Waals surface area contributed by atoms with Crippen LogP contribution >= 0.6 is 11.3 Å². The largest absolute Gasteiger partial charge is 0.497 e. The Morgan fingerprint density at radius 2 is 2.22 bits per heavy atom. The van der Waals surface area contributed by atoms with E-state index in [1.54, 1.807) is 31.5 Å². The molecule has 0 fully saturated rings.